The Labute approximate surface area is 167 Å². The van der Waals surface area contributed by atoms with Gasteiger partial charge in [0.05, 0.1) is 38.5 Å². The van der Waals surface area contributed by atoms with E-state index < -0.39 is 10.8 Å². The van der Waals surface area contributed by atoms with E-state index in [1.54, 1.807) is 0 Å². The second-order valence-corrected chi connectivity index (χ2v) is 8.88. The van der Waals surface area contributed by atoms with Crippen molar-refractivity contribution in [1.29, 1.82) is 0 Å². The van der Waals surface area contributed by atoms with E-state index in [0.29, 0.717) is 0 Å². The molecule has 5 heteroatoms. The molecule has 0 N–H and O–H groups in total. The SMILES string of the molecule is CCCCCCCCCCCCCCCCCC[N+](C)(C)C.[O-][Cl+2]([O-])[O-]. The van der Waals surface area contributed by atoms with Gasteiger partial charge in [-0.05, 0) is 12.8 Å². The van der Waals surface area contributed by atoms with Crippen molar-refractivity contribution in [3.63, 3.8) is 0 Å². The molecular weight excluding hydrogens is 350 g/mol. The number of halogens is 1. The minimum atomic E-state index is -2.85. The van der Waals surface area contributed by atoms with E-state index in [9.17, 15) is 0 Å². The fraction of sp³-hybridized carbons (Fsp3) is 1.00. The number of nitrogens with zero attached hydrogens (tertiary/aromatic N) is 1. The molecule has 0 aliphatic rings. The third-order valence-corrected chi connectivity index (χ3v) is 4.68. The lowest BCUT2D eigenvalue weighted by atomic mass is 10.0. The average molecular weight is 396 g/mol. The van der Waals surface area contributed by atoms with E-state index in [-0.39, 0.29) is 0 Å². The predicted molar refractivity (Wildman–Crippen MR) is 102 cm³/mol. The van der Waals surface area contributed by atoms with Crippen molar-refractivity contribution in [1.82, 2.24) is 0 Å². The van der Waals surface area contributed by atoms with Crippen LogP contribution in [0.15, 0.2) is 0 Å². The lowest BCUT2D eigenvalue weighted by Crippen LogP contribution is -2.42. The van der Waals surface area contributed by atoms with Crippen molar-refractivity contribution in [3.05, 3.63) is 0 Å². The molecule has 0 spiro atoms. The molecule has 26 heavy (non-hydrogen) atoms. The summed E-state index contributed by atoms with van der Waals surface area (Å²) in [4.78, 5) is 0. The summed E-state index contributed by atoms with van der Waals surface area (Å²) in [6, 6.07) is 0. The number of unbranched alkanes of at least 4 members (excludes halogenated alkanes) is 15. The highest BCUT2D eigenvalue weighted by atomic mass is 35.6. The first-order valence-corrected chi connectivity index (χ1v) is 11.8. The van der Waals surface area contributed by atoms with Crippen molar-refractivity contribution in [2.24, 2.45) is 0 Å². The highest BCUT2D eigenvalue weighted by molar-refractivity contribution is 4.49. The average Bonchev–Trinajstić information content (AvgIpc) is 2.53. The maximum Gasteiger partial charge on any atom is 0.0780 e. The number of rotatable bonds is 17. The minimum Gasteiger partial charge on any atom is -0.357 e. The summed E-state index contributed by atoms with van der Waals surface area (Å²) in [5.74, 6) is 0. The molecule has 0 radical (unpaired) electrons. The van der Waals surface area contributed by atoms with Crippen molar-refractivity contribution >= 4 is 0 Å². The van der Waals surface area contributed by atoms with E-state index >= 15 is 0 Å². The number of quaternary nitrogens is 1. The second-order valence-electron chi connectivity index (χ2n) is 8.51. The van der Waals surface area contributed by atoms with Crippen molar-refractivity contribution < 1.29 is 29.2 Å². The van der Waals surface area contributed by atoms with E-state index in [2.05, 4.69) is 28.1 Å². The lowest BCUT2D eigenvalue weighted by Gasteiger charge is -2.23. The Morgan fingerprint density at radius 2 is 0.731 bits per heavy atom. The fourth-order valence-electron chi connectivity index (χ4n) is 3.13. The Morgan fingerprint density at radius 1 is 0.500 bits per heavy atom. The summed E-state index contributed by atoms with van der Waals surface area (Å²) in [5.41, 5.74) is 0. The molecule has 0 unspecified atom stereocenters. The molecule has 160 valence electrons. The Bertz CT molecular complexity index is 255. The molecule has 0 bridgehead atoms. The van der Waals surface area contributed by atoms with Crippen LogP contribution >= 0.6 is 0 Å². The van der Waals surface area contributed by atoms with Crippen molar-refractivity contribution in [2.75, 3.05) is 27.7 Å². The first-order chi connectivity index (χ1) is 12.3. The Morgan fingerprint density at radius 3 is 0.962 bits per heavy atom. The van der Waals surface area contributed by atoms with E-state index in [1.807, 2.05) is 0 Å². The van der Waals surface area contributed by atoms with Gasteiger partial charge in [0, 0.05) is 0 Å². The molecule has 0 saturated carbocycles. The number of hydrogen-bond acceptors (Lipinski definition) is 3. The normalized spacial score (nSPS) is 11.5. The van der Waals surface area contributed by atoms with Gasteiger partial charge in [-0.2, -0.15) is 0 Å². The van der Waals surface area contributed by atoms with Crippen LogP contribution in [-0.2, 0) is 0 Å². The smallest absolute Gasteiger partial charge is 0.0780 e. The Balaban J connectivity index is 0. The Kier molecular flexibility index (Phi) is 23.4. The maximum absolute atomic E-state index is 8.41. The van der Waals surface area contributed by atoms with Crippen LogP contribution < -0.4 is 14.0 Å². The van der Waals surface area contributed by atoms with Crippen LogP contribution in [0.4, 0.5) is 0 Å². The topological polar surface area (TPSA) is 69.2 Å². The van der Waals surface area contributed by atoms with Crippen LogP contribution in [0.25, 0.3) is 0 Å². The predicted octanol–water partition coefficient (Wildman–Crippen LogP) is 3.39. The highest BCUT2D eigenvalue weighted by Crippen LogP contribution is 2.13. The van der Waals surface area contributed by atoms with Gasteiger partial charge < -0.3 is 18.5 Å². The van der Waals surface area contributed by atoms with Gasteiger partial charge in [-0.15, -0.1) is 0 Å². The highest BCUT2D eigenvalue weighted by Gasteiger charge is 2.04. The zero-order valence-corrected chi connectivity index (χ0v) is 18.8. The molecule has 0 aliphatic carbocycles. The second kappa shape index (κ2) is 21.4. The molecule has 0 fully saturated rings. The summed E-state index contributed by atoms with van der Waals surface area (Å²) < 4.78 is 26.3. The molecule has 0 aromatic carbocycles. The molecule has 0 atom stereocenters. The number of hydrogen-bond donors (Lipinski definition) is 0. The van der Waals surface area contributed by atoms with Gasteiger partial charge in [-0.25, -0.2) is 0 Å². The summed E-state index contributed by atoms with van der Waals surface area (Å²) in [6.45, 7) is 3.63. The van der Waals surface area contributed by atoms with Crippen molar-refractivity contribution in [2.45, 2.75) is 110 Å². The zero-order chi connectivity index (χ0) is 20.1. The lowest BCUT2D eigenvalue weighted by molar-refractivity contribution is -1.73. The third-order valence-electron chi connectivity index (χ3n) is 4.68. The summed E-state index contributed by atoms with van der Waals surface area (Å²) in [7, 11) is 4.04. The van der Waals surface area contributed by atoms with Gasteiger partial charge in [0.15, 0.2) is 0 Å². The molecule has 0 aliphatic heterocycles. The van der Waals surface area contributed by atoms with Gasteiger partial charge in [-0.1, -0.05) is 96.8 Å². The molecular formula is C21H46ClNO3. The summed E-state index contributed by atoms with van der Waals surface area (Å²) >= 11 is 0. The van der Waals surface area contributed by atoms with Gasteiger partial charge in [0.25, 0.3) is 0 Å². The van der Waals surface area contributed by atoms with E-state index in [4.69, 9.17) is 14.0 Å². The van der Waals surface area contributed by atoms with Gasteiger partial charge in [0.2, 0.25) is 0 Å². The van der Waals surface area contributed by atoms with Crippen LogP contribution in [0.3, 0.4) is 0 Å². The van der Waals surface area contributed by atoms with Crippen molar-refractivity contribution in [3.8, 4) is 0 Å². The quantitative estimate of drug-likeness (QED) is 0.280. The molecule has 0 saturated heterocycles. The monoisotopic (exact) mass is 395 g/mol. The van der Waals surface area contributed by atoms with Gasteiger partial charge in [-0.3, -0.25) is 0 Å². The van der Waals surface area contributed by atoms with Crippen LogP contribution in [0.1, 0.15) is 110 Å². The summed E-state index contributed by atoms with van der Waals surface area (Å²) in [6.07, 6.45) is 23.4. The first kappa shape index (κ1) is 28.3. The third kappa shape index (κ3) is 35.3. The Hall–Kier alpha value is 0.130. The van der Waals surface area contributed by atoms with E-state index in [1.165, 1.54) is 109 Å². The first-order valence-electron chi connectivity index (χ1n) is 10.8. The standard InChI is InChI=1S/C21H46N.ClO3/c1-5-6-7-8-9-10-11-12-13-14-15-16-17-18-19-20-21-22(2,3)4;2-1(3)4/h5-21H2,1-4H3;/q+1;-1. The van der Waals surface area contributed by atoms with E-state index in [0.717, 1.165) is 4.48 Å². The molecule has 4 nitrogen and oxygen atoms in total. The fourth-order valence-corrected chi connectivity index (χ4v) is 3.13. The summed E-state index contributed by atoms with van der Waals surface area (Å²) in [5, 5.41) is 0. The van der Waals surface area contributed by atoms with Crippen LogP contribution in [0, 0.1) is 10.8 Å². The molecule has 0 aromatic heterocycles. The van der Waals surface area contributed by atoms with Crippen LogP contribution in [0.5, 0.6) is 0 Å². The molecule has 0 heterocycles. The van der Waals surface area contributed by atoms with Gasteiger partial charge in [0.1, 0.15) is 0 Å². The molecule has 0 aromatic rings. The van der Waals surface area contributed by atoms with Crippen LogP contribution in [-0.4, -0.2) is 32.2 Å². The minimum absolute atomic E-state index is 1.12. The molecule has 0 rings (SSSR count). The van der Waals surface area contributed by atoms with Gasteiger partial charge >= 0.3 is 0 Å². The zero-order valence-electron chi connectivity index (χ0n) is 18.1. The van der Waals surface area contributed by atoms with Crippen LogP contribution in [0.2, 0.25) is 0 Å². The largest absolute Gasteiger partial charge is 0.357 e. The maximum atomic E-state index is 8.41. The molecule has 0 amide bonds.